The van der Waals surface area contributed by atoms with Gasteiger partial charge in [0, 0.05) is 5.69 Å². The number of rotatable bonds is 6. The maximum absolute atomic E-state index is 13.6. The van der Waals surface area contributed by atoms with Crippen molar-refractivity contribution in [3.63, 3.8) is 0 Å². The molecule has 0 bridgehead atoms. The predicted molar refractivity (Wildman–Crippen MR) is 145 cm³/mol. The predicted octanol–water partition coefficient (Wildman–Crippen LogP) is 6.10. The molecule has 0 unspecified atom stereocenters. The molecule has 0 fully saturated rings. The van der Waals surface area contributed by atoms with E-state index >= 15 is 0 Å². The van der Waals surface area contributed by atoms with E-state index in [1.165, 1.54) is 0 Å². The molecule has 6 nitrogen and oxygen atoms in total. The smallest absolute Gasteiger partial charge is 0.269 e. The molecule has 4 aromatic carbocycles. The Morgan fingerprint density at radius 3 is 2.11 bits per heavy atom. The normalized spacial score (nSPS) is 12.1. The molecular formula is C31H28N2O4. The van der Waals surface area contributed by atoms with Crippen molar-refractivity contribution in [1.82, 2.24) is 0 Å². The quantitative estimate of drug-likeness (QED) is 0.353. The number of ether oxygens (including phenoxy) is 2. The van der Waals surface area contributed by atoms with E-state index in [1.807, 2.05) is 49.4 Å². The lowest BCUT2D eigenvalue weighted by Crippen LogP contribution is -2.32. The van der Waals surface area contributed by atoms with E-state index in [4.69, 9.17) is 9.47 Å². The number of anilines is 3. The summed E-state index contributed by atoms with van der Waals surface area (Å²) in [5, 5.41) is 2.93. The van der Waals surface area contributed by atoms with Crippen LogP contribution in [0.5, 0.6) is 11.5 Å². The molecule has 0 saturated carbocycles. The second kappa shape index (κ2) is 10.6. The molecule has 1 N–H and O–H groups in total. The molecule has 0 aliphatic carbocycles. The van der Waals surface area contributed by atoms with Gasteiger partial charge in [-0.3, -0.25) is 14.5 Å². The third-order valence-electron chi connectivity index (χ3n) is 6.54. The van der Waals surface area contributed by atoms with Crippen LogP contribution in [-0.4, -0.2) is 25.5 Å². The summed E-state index contributed by atoms with van der Waals surface area (Å²) in [6.45, 7) is 1.69. The maximum atomic E-state index is 13.6. The summed E-state index contributed by atoms with van der Waals surface area (Å²) < 4.78 is 11.2. The van der Waals surface area contributed by atoms with Gasteiger partial charge in [0.15, 0.2) is 6.61 Å². The molecule has 4 aromatic rings. The van der Waals surface area contributed by atoms with Gasteiger partial charge in [-0.1, -0.05) is 48.5 Å². The van der Waals surface area contributed by atoms with Crippen molar-refractivity contribution < 1.29 is 19.1 Å². The second-order valence-corrected chi connectivity index (χ2v) is 8.91. The first kappa shape index (κ1) is 24.1. The van der Waals surface area contributed by atoms with Gasteiger partial charge in [0.05, 0.1) is 24.0 Å². The van der Waals surface area contributed by atoms with E-state index < -0.39 is 0 Å². The number of nitrogens with zero attached hydrogens (tertiary/aromatic N) is 1. The first-order valence-corrected chi connectivity index (χ1v) is 12.2. The first-order chi connectivity index (χ1) is 18.0. The van der Waals surface area contributed by atoms with Crippen LogP contribution in [0.25, 0.3) is 0 Å². The Morgan fingerprint density at radius 1 is 0.838 bits per heavy atom. The molecule has 37 heavy (non-hydrogen) atoms. The SMILES string of the molecule is COc1ccc(NC(=O)c2ccccc2OCC(=O)N2c3ccccc3CCc3ccccc32)c(C)c1. The van der Waals surface area contributed by atoms with Crippen molar-refractivity contribution in [2.75, 3.05) is 23.9 Å². The van der Waals surface area contributed by atoms with E-state index in [0.717, 1.165) is 46.7 Å². The number of hydrogen-bond donors (Lipinski definition) is 1. The summed E-state index contributed by atoms with van der Waals surface area (Å²) in [6.07, 6.45) is 1.71. The number of carbonyl (C=O) groups excluding carboxylic acids is 2. The first-order valence-electron chi connectivity index (χ1n) is 12.2. The number of nitrogens with one attached hydrogen (secondary N) is 1. The molecule has 186 valence electrons. The number of para-hydroxylation sites is 3. The fourth-order valence-corrected chi connectivity index (χ4v) is 4.63. The van der Waals surface area contributed by atoms with Crippen molar-refractivity contribution in [3.05, 3.63) is 113 Å². The van der Waals surface area contributed by atoms with Gasteiger partial charge in [-0.2, -0.15) is 0 Å². The van der Waals surface area contributed by atoms with Crippen LogP contribution in [0.1, 0.15) is 27.0 Å². The minimum atomic E-state index is -0.318. The molecular weight excluding hydrogens is 464 g/mol. The van der Waals surface area contributed by atoms with Gasteiger partial charge in [-0.05, 0) is 78.9 Å². The average molecular weight is 493 g/mol. The van der Waals surface area contributed by atoms with Crippen molar-refractivity contribution in [2.45, 2.75) is 19.8 Å². The van der Waals surface area contributed by atoms with E-state index in [0.29, 0.717) is 17.0 Å². The lowest BCUT2D eigenvalue weighted by Gasteiger charge is -2.25. The Kier molecular flexibility index (Phi) is 6.90. The highest BCUT2D eigenvalue weighted by Gasteiger charge is 2.26. The monoisotopic (exact) mass is 492 g/mol. The van der Waals surface area contributed by atoms with Crippen molar-refractivity contribution in [1.29, 1.82) is 0 Å². The van der Waals surface area contributed by atoms with Crippen LogP contribution < -0.4 is 19.7 Å². The molecule has 0 atom stereocenters. The standard InChI is InChI=1S/C31H28N2O4/c1-21-19-24(36-2)17-18-26(21)32-31(35)25-11-5-8-14-29(25)37-20-30(34)33-27-12-6-3-9-22(27)15-16-23-10-4-7-13-28(23)33/h3-14,17-19H,15-16,20H2,1-2H3,(H,32,35). The van der Waals surface area contributed by atoms with Crippen molar-refractivity contribution in [3.8, 4) is 11.5 Å². The van der Waals surface area contributed by atoms with Crippen LogP contribution >= 0.6 is 0 Å². The van der Waals surface area contributed by atoms with Gasteiger partial charge in [0.1, 0.15) is 11.5 Å². The Morgan fingerprint density at radius 2 is 1.46 bits per heavy atom. The highest BCUT2D eigenvalue weighted by Crippen LogP contribution is 2.36. The minimum absolute atomic E-state index is 0.206. The van der Waals surface area contributed by atoms with Gasteiger partial charge in [-0.25, -0.2) is 0 Å². The third-order valence-corrected chi connectivity index (χ3v) is 6.54. The van der Waals surface area contributed by atoms with Crippen LogP contribution in [0.3, 0.4) is 0 Å². The number of methoxy groups -OCH3 is 1. The zero-order chi connectivity index (χ0) is 25.8. The van der Waals surface area contributed by atoms with Crippen molar-refractivity contribution in [2.24, 2.45) is 0 Å². The van der Waals surface area contributed by atoms with Crippen molar-refractivity contribution >= 4 is 28.9 Å². The molecule has 0 aromatic heterocycles. The fraction of sp³-hybridized carbons (Fsp3) is 0.161. The van der Waals surface area contributed by atoms with Crippen LogP contribution in [0.15, 0.2) is 91.0 Å². The Hall–Kier alpha value is -4.58. The molecule has 1 aliphatic rings. The second-order valence-electron chi connectivity index (χ2n) is 8.91. The van der Waals surface area contributed by atoms with Gasteiger partial charge >= 0.3 is 0 Å². The summed E-state index contributed by atoms with van der Waals surface area (Å²) in [6, 6.07) is 28.3. The number of benzene rings is 4. The molecule has 2 amide bonds. The van der Waals surface area contributed by atoms with Gasteiger partial charge in [-0.15, -0.1) is 0 Å². The summed E-state index contributed by atoms with van der Waals surface area (Å²) in [7, 11) is 1.60. The molecule has 1 heterocycles. The van der Waals surface area contributed by atoms with Gasteiger partial charge < -0.3 is 14.8 Å². The average Bonchev–Trinajstić information content (AvgIpc) is 3.10. The van der Waals surface area contributed by atoms with Crippen LogP contribution in [0.4, 0.5) is 17.1 Å². The molecule has 0 spiro atoms. The summed E-state index contributed by atoms with van der Waals surface area (Å²) >= 11 is 0. The lowest BCUT2D eigenvalue weighted by atomic mass is 10.0. The van der Waals surface area contributed by atoms with E-state index in [9.17, 15) is 9.59 Å². The topological polar surface area (TPSA) is 67.9 Å². The summed E-state index contributed by atoms with van der Waals surface area (Å²) in [5.41, 5.74) is 5.85. The van der Waals surface area contributed by atoms with E-state index in [-0.39, 0.29) is 18.4 Å². The number of amides is 2. The van der Waals surface area contributed by atoms with E-state index in [2.05, 4.69) is 17.4 Å². The third kappa shape index (κ3) is 5.05. The minimum Gasteiger partial charge on any atom is -0.497 e. The number of hydrogen-bond acceptors (Lipinski definition) is 4. The highest BCUT2D eigenvalue weighted by molar-refractivity contribution is 6.07. The molecule has 0 radical (unpaired) electrons. The summed E-state index contributed by atoms with van der Waals surface area (Å²) in [4.78, 5) is 28.5. The van der Waals surface area contributed by atoms with Crippen LogP contribution in [0.2, 0.25) is 0 Å². The highest BCUT2D eigenvalue weighted by atomic mass is 16.5. The molecule has 0 saturated heterocycles. The van der Waals surface area contributed by atoms with Gasteiger partial charge in [0.25, 0.3) is 11.8 Å². The van der Waals surface area contributed by atoms with Crippen LogP contribution in [0, 0.1) is 6.92 Å². The Balaban J connectivity index is 1.37. The molecule has 1 aliphatic heterocycles. The zero-order valence-electron chi connectivity index (χ0n) is 20.9. The van der Waals surface area contributed by atoms with Crippen LogP contribution in [-0.2, 0) is 17.6 Å². The largest absolute Gasteiger partial charge is 0.497 e. The summed E-state index contributed by atoms with van der Waals surface area (Å²) in [5.74, 6) is 0.537. The fourth-order valence-electron chi connectivity index (χ4n) is 4.63. The molecule has 6 heteroatoms. The Bertz CT molecular complexity index is 1420. The number of carbonyl (C=O) groups is 2. The van der Waals surface area contributed by atoms with Gasteiger partial charge in [0.2, 0.25) is 0 Å². The number of aryl methyl sites for hydroxylation is 3. The maximum Gasteiger partial charge on any atom is 0.269 e. The Labute approximate surface area is 216 Å². The number of fused-ring (bicyclic) bond motifs is 2. The molecule has 5 rings (SSSR count). The lowest BCUT2D eigenvalue weighted by molar-refractivity contribution is -0.119. The zero-order valence-corrected chi connectivity index (χ0v) is 20.9. The van der Waals surface area contributed by atoms with E-state index in [1.54, 1.807) is 48.4 Å².